The number of rotatable bonds is 4. The van der Waals surface area contributed by atoms with Crippen LogP contribution < -0.4 is 10.2 Å². The Balaban J connectivity index is 1.69. The maximum atomic E-state index is 13.3. The number of amides is 1. The molecule has 3 heterocycles. The molecule has 1 saturated heterocycles. The Kier molecular flexibility index (Phi) is 4.75. The van der Waals surface area contributed by atoms with Gasteiger partial charge >= 0.3 is 12.3 Å². The van der Waals surface area contributed by atoms with Gasteiger partial charge in [0.15, 0.2) is 11.5 Å². The molecule has 3 aromatic rings. The Labute approximate surface area is 163 Å². The number of benzene rings is 1. The van der Waals surface area contributed by atoms with E-state index in [2.05, 4.69) is 20.3 Å². The zero-order valence-electron chi connectivity index (χ0n) is 14.8. The van der Waals surface area contributed by atoms with Crippen LogP contribution in [0.2, 0.25) is 0 Å². The van der Waals surface area contributed by atoms with Gasteiger partial charge in [0.25, 0.3) is 0 Å². The van der Waals surface area contributed by atoms with Gasteiger partial charge in [0.1, 0.15) is 12.4 Å². The van der Waals surface area contributed by atoms with Crippen molar-refractivity contribution in [3.63, 3.8) is 0 Å². The molecule has 0 radical (unpaired) electrons. The first-order valence-corrected chi connectivity index (χ1v) is 8.58. The molecule has 148 valence electrons. The lowest BCUT2D eigenvalue weighted by atomic mass is 10.2. The van der Waals surface area contributed by atoms with E-state index < -0.39 is 18.0 Å². The minimum atomic E-state index is -4.64. The van der Waals surface area contributed by atoms with Gasteiger partial charge in [-0.2, -0.15) is 13.2 Å². The number of carbonyl (C=O) groups excluding carboxylic acids is 1. The maximum absolute atomic E-state index is 13.3. The normalized spacial score (nSPS) is 14.0. The Morgan fingerprint density at radius 1 is 1.07 bits per heavy atom. The molecule has 0 unspecified atom stereocenters. The molecule has 0 aliphatic carbocycles. The number of pyridine rings is 1. The number of aromatic nitrogens is 3. The van der Waals surface area contributed by atoms with Crippen LogP contribution in [0.3, 0.4) is 0 Å². The average Bonchev–Trinajstić information content (AvgIpc) is 3.14. The van der Waals surface area contributed by atoms with Crippen LogP contribution in [0.15, 0.2) is 54.9 Å². The van der Waals surface area contributed by atoms with Crippen molar-refractivity contribution in [1.29, 1.82) is 0 Å². The smallest absolute Gasteiger partial charge is 0.433 e. The Bertz CT molecular complexity index is 1040. The molecule has 1 aliphatic heterocycles. The molecule has 1 aliphatic rings. The molecule has 29 heavy (non-hydrogen) atoms. The lowest BCUT2D eigenvalue weighted by Gasteiger charge is -2.15. The van der Waals surface area contributed by atoms with Crippen molar-refractivity contribution in [2.75, 3.05) is 23.4 Å². The monoisotopic (exact) mass is 401 g/mol. The Hall–Kier alpha value is -3.69. The van der Waals surface area contributed by atoms with Crippen molar-refractivity contribution in [3.8, 4) is 11.4 Å². The third kappa shape index (κ3) is 4.10. The summed E-state index contributed by atoms with van der Waals surface area (Å²) in [7, 11) is 0. The van der Waals surface area contributed by atoms with Crippen molar-refractivity contribution in [2.24, 2.45) is 0 Å². The predicted molar refractivity (Wildman–Crippen MR) is 98.7 cm³/mol. The average molecular weight is 401 g/mol. The lowest BCUT2D eigenvalue weighted by molar-refractivity contribution is -0.141. The third-order valence-corrected chi connectivity index (χ3v) is 4.15. The number of cyclic esters (lactones) is 1. The topological polar surface area (TPSA) is 80.2 Å². The standard InChI is InChI=1S/C19H14F3N5O2/c20-19(21,22)15-11-16(26-17(25-15)12-4-6-23-7-5-12)24-13-2-1-3-14(10-13)27-8-9-29-18(27)28/h1-7,10-11H,8-9H2,(H,24,25,26). The fourth-order valence-corrected chi connectivity index (χ4v) is 2.81. The zero-order chi connectivity index (χ0) is 20.4. The summed E-state index contributed by atoms with van der Waals surface area (Å²) in [6.45, 7) is 0.687. The van der Waals surface area contributed by atoms with Gasteiger partial charge in [0.2, 0.25) is 0 Å². The molecule has 1 aromatic carbocycles. The first-order valence-electron chi connectivity index (χ1n) is 8.58. The number of hydrogen-bond donors (Lipinski definition) is 1. The second-order valence-electron chi connectivity index (χ2n) is 6.14. The molecule has 0 spiro atoms. The first kappa shape index (κ1) is 18.7. The largest absolute Gasteiger partial charge is 0.447 e. The van der Waals surface area contributed by atoms with Crippen molar-refractivity contribution >= 4 is 23.3 Å². The van der Waals surface area contributed by atoms with Gasteiger partial charge < -0.3 is 10.1 Å². The van der Waals surface area contributed by atoms with E-state index in [-0.39, 0.29) is 18.2 Å². The fourth-order valence-electron chi connectivity index (χ4n) is 2.81. The quantitative estimate of drug-likeness (QED) is 0.704. The van der Waals surface area contributed by atoms with Crippen LogP contribution in [0, 0.1) is 0 Å². The highest BCUT2D eigenvalue weighted by Crippen LogP contribution is 2.32. The van der Waals surface area contributed by atoms with Gasteiger partial charge in [-0.05, 0) is 30.3 Å². The highest BCUT2D eigenvalue weighted by Gasteiger charge is 2.34. The van der Waals surface area contributed by atoms with Crippen molar-refractivity contribution < 1.29 is 22.7 Å². The summed E-state index contributed by atoms with van der Waals surface area (Å²) in [6.07, 6.45) is -2.21. The zero-order valence-corrected chi connectivity index (χ0v) is 14.8. The third-order valence-electron chi connectivity index (χ3n) is 4.15. The van der Waals surface area contributed by atoms with Gasteiger partial charge in [-0.1, -0.05) is 6.07 Å². The highest BCUT2D eigenvalue weighted by molar-refractivity contribution is 5.90. The molecule has 7 nitrogen and oxygen atoms in total. The Morgan fingerprint density at radius 2 is 1.86 bits per heavy atom. The SMILES string of the molecule is O=C1OCCN1c1cccc(Nc2cc(C(F)(F)F)nc(-c3ccncc3)n2)c1. The van der Waals surface area contributed by atoms with Gasteiger partial charge in [0.05, 0.1) is 6.54 Å². The van der Waals surface area contributed by atoms with Crippen LogP contribution in [0.4, 0.5) is 35.2 Å². The number of carbonyl (C=O) groups is 1. The molecule has 2 aromatic heterocycles. The maximum Gasteiger partial charge on any atom is 0.433 e. The molecule has 0 atom stereocenters. The van der Waals surface area contributed by atoms with Gasteiger partial charge in [-0.3, -0.25) is 9.88 Å². The van der Waals surface area contributed by atoms with E-state index in [1.54, 1.807) is 24.3 Å². The van der Waals surface area contributed by atoms with Crippen LogP contribution in [0.5, 0.6) is 0 Å². The summed E-state index contributed by atoms with van der Waals surface area (Å²) in [5.41, 5.74) is 0.371. The fraction of sp³-hybridized carbons (Fsp3) is 0.158. The number of alkyl halides is 3. The molecule has 0 saturated carbocycles. The van der Waals surface area contributed by atoms with Crippen molar-refractivity contribution in [3.05, 3.63) is 60.6 Å². The second-order valence-corrected chi connectivity index (χ2v) is 6.14. The molecule has 0 bridgehead atoms. The minimum absolute atomic E-state index is 0.0275. The number of nitrogens with one attached hydrogen (secondary N) is 1. The van der Waals surface area contributed by atoms with Gasteiger partial charge in [-0.15, -0.1) is 0 Å². The molecule has 4 rings (SSSR count). The van der Waals surface area contributed by atoms with E-state index >= 15 is 0 Å². The second kappa shape index (κ2) is 7.38. The summed E-state index contributed by atoms with van der Waals surface area (Å²) in [5.74, 6) is -0.107. The van der Waals surface area contributed by atoms with Gasteiger partial charge in [0, 0.05) is 35.4 Å². The van der Waals surface area contributed by atoms with Crippen LogP contribution in [-0.4, -0.2) is 34.2 Å². The van der Waals surface area contributed by atoms with Crippen LogP contribution in [0.25, 0.3) is 11.4 Å². The van der Waals surface area contributed by atoms with Gasteiger partial charge in [-0.25, -0.2) is 14.8 Å². The van der Waals surface area contributed by atoms with Crippen LogP contribution in [0.1, 0.15) is 5.69 Å². The van der Waals surface area contributed by atoms with E-state index in [0.717, 1.165) is 6.07 Å². The lowest BCUT2D eigenvalue weighted by Crippen LogP contribution is -2.23. The molecular weight excluding hydrogens is 387 g/mol. The molecule has 1 fully saturated rings. The van der Waals surface area contributed by atoms with E-state index in [9.17, 15) is 18.0 Å². The first-order chi connectivity index (χ1) is 13.9. The molecule has 1 N–H and O–H groups in total. The minimum Gasteiger partial charge on any atom is -0.447 e. The summed E-state index contributed by atoms with van der Waals surface area (Å²) < 4.78 is 44.9. The summed E-state index contributed by atoms with van der Waals surface area (Å²) >= 11 is 0. The van der Waals surface area contributed by atoms with E-state index in [4.69, 9.17) is 4.74 Å². The summed E-state index contributed by atoms with van der Waals surface area (Å²) in [5, 5.41) is 2.86. The molecule has 1 amide bonds. The van der Waals surface area contributed by atoms with Crippen molar-refractivity contribution in [1.82, 2.24) is 15.0 Å². The number of ether oxygens (including phenoxy) is 1. The Morgan fingerprint density at radius 3 is 2.55 bits per heavy atom. The summed E-state index contributed by atoms with van der Waals surface area (Å²) in [6, 6.07) is 10.6. The van der Waals surface area contributed by atoms with E-state index in [0.29, 0.717) is 23.5 Å². The van der Waals surface area contributed by atoms with Crippen molar-refractivity contribution in [2.45, 2.75) is 6.18 Å². The number of anilines is 3. The van der Waals surface area contributed by atoms with Crippen LogP contribution >= 0.6 is 0 Å². The predicted octanol–water partition coefficient (Wildman–Crippen LogP) is 4.26. The number of halogens is 3. The van der Waals surface area contributed by atoms with Crippen LogP contribution in [-0.2, 0) is 10.9 Å². The summed E-state index contributed by atoms with van der Waals surface area (Å²) in [4.78, 5) is 24.9. The molecule has 10 heteroatoms. The highest BCUT2D eigenvalue weighted by atomic mass is 19.4. The molecular formula is C19H14F3N5O2. The number of nitrogens with zero attached hydrogens (tertiary/aromatic N) is 4. The van der Waals surface area contributed by atoms with E-state index in [1.165, 1.54) is 29.4 Å². The van der Waals surface area contributed by atoms with E-state index in [1.807, 2.05) is 0 Å². The number of hydrogen-bond acceptors (Lipinski definition) is 6.